The molecule has 0 aliphatic heterocycles. The smallest absolute Gasteiger partial charge is 0.307 e. The molecule has 0 bridgehead atoms. The molecule has 1 aliphatic carbocycles. The maximum Gasteiger partial charge on any atom is 0.307 e. The molecular weight excluding hydrogens is 178 g/mol. The van der Waals surface area contributed by atoms with Gasteiger partial charge in [-0.3, -0.25) is 4.79 Å². The molecule has 1 N–H and O–H groups in total. The maximum absolute atomic E-state index is 11.4. The second kappa shape index (κ2) is 4.78. The zero-order valence-corrected chi connectivity index (χ0v) is 9.43. The van der Waals surface area contributed by atoms with Gasteiger partial charge in [0.15, 0.2) is 0 Å². The lowest BCUT2D eigenvalue weighted by molar-refractivity contribution is -0.145. The van der Waals surface area contributed by atoms with Crippen molar-refractivity contribution in [1.29, 1.82) is 0 Å². The van der Waals surface area contributed by atoms with Gasteiger partial charge in [-0.1, -0.05) is 6.92 Å². The number of nitrogens with one attached hydrogen (secondary N) is 1. The predicted molar refractivity (Wildman–Crippen MR) is 56.1 cm³/mol. The number of ether oxygens (including phenoxy) is 1. The van der Waals surface area contributed by atoms with E-state index in [1.54, 1.807) is 0 Å². The Morgan fingerprint density at radius 1 is 1.50 bits per heavy atom. The van der Waals surface area contributed by atoms with Crippen molar-refractivity contribution in [1.82, 2.24) is 5.32 Å². The zero-order chi connectivity index (χ0) is 10.6. The minimum Gasteiger partial charge on any atom is -0.466 e. The van der Waals surface area contributed by atoms with Crippen LogP contribution in [0.2, 0.25) is 0 Å². The van der Waals surface area contributed by atoms with E-state index in [-0.39, 0.29) is 11.5 Å². The van der Waals surface area contributed by atoms with E-state index < -0.39 is 0 Å². The van der Waals surface area contributed by atoms with Gasteiger partial charge in [-0.05, 0) is 39.2 Å². The fraction of sp³-hybridized carbons (Fsp3) is 0.909. The van der Waals surface area contributed by atoms with E-state index in [0.29, 0.717) is 18.9 Å². The van der Waals surface area contributed by atoms with E-state index in [1.807, 2.05) is 14.0 Å². The van der Waals surface area contributed by atoms with Gasteiger partial charge in [0.25, 0.3) is 0 Å². The molecule has 1 atom stereocenters. The predicted octanol–water partition coefficient (Wildman–Crippen LogP) is 1.72. The van der Waals surface area contributed by atoms with Crippen LogP contribution in [-0.4, -0.2) is 25.2 Å². The Bertz CT molecular complexity index is 195. The number of rotatable bonds is 6. The molecule has 0 amide bonds. The topological polar surface area (TPSA) is 38.3 Å². The van der Waals surface area contributed by atoms with E-state index in [9.17, 15) is 4.79 Å². The Labute approximate surface area is 86.2 Å². The molecule has 14 heavy (non-hydrogen) atoms. The molecule has 1 saturated carbocycles. The standard InChI is InChI=1S/C11H21NO2/c1-4-11(12-3,9-6-7-9)8-10(13)14-5-2/h9,12H,4-8H2,1-3H3. The van der Waals surface area contributed by atoms with Crippen molar-refractivity contribution >= 4 is 5.97 Å². The molecule has 1 unspecified atom stereocenters. The lowest BCUT2D eigenvalue weighted by Crippen LogP contribution is -2.46. The van der Waals surface area contributed by atoms with Crippen LogP contribution in [0.4, 0.5) is 0 Å². The quantitative estimate of drug-likeness (QED) is 0.662. The van der Waals surface area contributed by atoms with E-state index in [2.05, 4.69) is 12.2 Å². The van der Waals surface area contributed by atoms with E-state index >= 15 is 0 Å². The van der Waals surface area contributed by atoms with Crippen LogP contribution in [0.5, 0.6) is 0 Å². The number of carbonyl (C=O) groups excluding carboxylic acids is 1. The molecule has 0 heterocycles. The first-order valence-corrected chi connectivity index (χ1v) is 5.53. The Morgan fingerprint density at radius 3 is 2.50 bits per heavy atom. The molecule has 0 radical (unpaired) electrons. The van der Waals surface area contributed by atoms with E-state index in [0.717, 1.165) is 6.42 Å². The highest BCUT2D eigenvalue weighted by Crippen LogP contribution is 2.43. The van der Waals surface area contributed by atoms with E-state index in [4.69, 9.17) is 4.74 Å². The van der Waals surface area contributed by atoms with Gasteiger partial charge in [0.1, 0.15) is 0 Å². The molecule has 82 valence electrons. The average molecular weight is 199 g/mol. The molecule has 1 rings (SSSR count). The fourth-order valence-electron chi connectivity index (χ4n) is 2.13. The first kappa shape index (κ1) is 11.5. The van der Waals surface area contributed by atoms with Gasteiger partial charge in [0.05, 0.1) is 13.0 Å². The first-order valence-electron chi connectivity index (χ1n) is 5.53. The van der Waals surface area contributed by atoms with Gasteiger partial charge < -0.3 is 10.1 Å². The molecule has 0 aromatic heterocycles. The number of esters is 1. The molecule has 3 nitrogen and oxygen atoms in total. The summed E-state index contributed by atoms with van der Waals surface area (Å²) in [5.41, 5.74) is -0.00769. The van der Waals surface area contributed by atoms with Gasteiger partial charge in [0.2, 0.25) is 0 Å². The van der Waals surface area contributed by atoms with Crippen LogP contribution >= 0.6 is 0 Å². The van der Waals surface area contributed by atoms with Crippen molar-refractivity contribution < 1.29 is 9.53 Å². The van der Waals surface area contributed by atoms with Gasteiger partial charge in [0, 0.05) is 5.54 Å². The van der Waals surface area contributed by atoms with Crippen molar-refractivity contribution in [3.8, 4) is 0 Å². The number of hydrogen-bond acceptors (Lipinski definition) is 3. The lowest BCUT2D eigenvalue weighted by atomic mass is 9.87. The lowest BCUT2D eigenvalue weighted by Gasteiger charge is -2.31. The van der Waals surface area contributed by atoms with Crippen LogP contribution in [0.15, 0.2) is 0 Å². The van der Waals surface area contributed by atoms with Crippen LogP contribution in [0, 0.1) is 5.92 Å². The summed E-state index contributed by atoms with van der Waals surface area (Å²) < 4.78 is 5.00. The molecule has 1 fully saturated rings. The molecule has 1 aliphatic rings. The van der Waals surface area contributed by atoms with Crippen molar-refractivity contribution in [2.45, 2.75) is 45.1 Å². The molecule has 0 saturated heterocycles. The van der Waals surface area contributed by atoms with Gasteiger partial charge >= 0.3 is 5.97 Å². The van der Waals surface area contributed by atoms with E-state index in [1.165, 1.54) is 12.8 Å². The van der Waals surface area contributed by atoms with Crippen LogP contribution in [0.25, 0.3) is 0 Å². The second-order valence-electron chi connectivity index (χ2n) is 4.02. The summed E-state index contributed by atoms with van der Waals surface area (Å²) in [6, 6.07) is 0. The Hall–Kier alpha value is -0.570. The van der Waals surface area contributed by atoms with Crippen molar-refractivity contribution in [3.63, 3.8) is 0 Å². The highest BCUT2D eigenvalue weighted by molar-refractivity contribution is 5.71. The zero-order valence-electron chi connectivity index (χ0n) is 9.43. The third kappa shape index (κ3) is 2.47. The van der Waals surface area contributed by atoms with Crippen LogP contribution in [-0.2, 0) is 9.53 Å². The van der Waals surface area contributed by atoms with Gasteiger partial charge in [-0.25, -0.2) is 0 Å². The maximum atomic E-state index is 11.4. The van der Waals surface area contributed by atoms with Crippen LogP contribution in [0.3, 0.4) is 0 Å². The van der Waals surface area contributed by atoms with Crippen LogP contribution < -0.4 is 5.32 Å². The Balaban J connectivity index is 2.53. The van der Waals surface area contributed by atoms with Crippen LogP contribution in [0.1, 0.15) is 39.5 Å². The summed E-state index contributed by atoms with van der Waals surface area (Å²) in [4.78, 5) is 11.4. The minimum absolute atomic E-state index is 0.00769. The summed E-state index contributed by atoms with van der Waals surface area (Å²) in [5.74, 6) is 0.595. The van der Waals surface area contributed by atoms with Crippen molar-refractivity contribution in [2.75, 3.05) is 13.7 Å². The van der Waals surface area contributed by atoms with Gasteiger partial charge in [-0.15, -0.1) is 0 Å². The highest BCUT2D eigenvalue weighted by Gasteiger charge is 2.44. The first-order chi connectivity index (χ1) is 6.68. The summed E-state index contributed by atoms with van der Waals surface area (Å²) >= 11 is 0. The molecule has 0 spiro atoms. The fourth-order valence-corrected chi connectivity index (χ4v) is 2.13. The summed E-state index contributed by atoms with van der Waals surface area (Å²) in [6.07, 6.45) is 3.99. The molecular formula is C11H21NO2. The monoisotopic (exact) mass is 199 g/mol. The highest BCUT2D eigenvalue weighted by atomic mass is 16.5. The SMILES string of the molecule is CCOC(=O)CC(CC)(NC)C1CC1. The third-order valence-corrected chi connectivity index (χ3v) is 3.25. The third-order valence-electron chi connectivity index (χ3n) is 3.25. The summed E-state index contributed by atoms with van der Waals surface area (Å²) in [6.45, 7) is 4.46. The number of hydrogen-bond donors (Lipinski definition) is 1. The normalized spacial score (nSPS) is 20.2. The largest absolute Gasteiger partial charge is 0.466 e. The average Bonchev–Trinajstić information content (AvgIpc) is 2.98. The van der Waals surface area contributed by atoms with Crippen molar-refractivity contribution in [2.24, 2.45) is 5.92 Å². The molecule has 0 aromatic rings. The minimum atomic E-state index is -0.0735. The molecule has 3 heteroatoms. The Kier molecular flexibility index (Phi) is 3.93. The summed E-state index contributed by atoms with van der Waals surface area (Å²) in [7, 11) is 1.95. The van der Waals surface area contributed by atoms with Gasteiger partial charge in [-0.2, -0.15) is 0 Å². The number of carbonyl (C=O) groups is 1. The van der Waals surface area contributed by atoms with Crippen molar-refractivity contribution in [3.05, 3.63) is 0 Å². The molecule has 0 aromatic carbocycles. The summed E-state index contributed by atoms with van der Waals surface area (Å²) in [5, 5.41) is 3.32. The Morgan fingerprint density at radius 2 is 2.14 bits per heavy atom. The second-order valence-corrected chi connectivity index (χ2v) is 4.02.